The molecule has 1 aromatic carbocycles. The molecule has 1 aliphatic rings. The van der Waals surface area contributed by atoms with Crippen molar-refractivity contribution >= 4 is 29.7 Å². The Morgan fingerprint density at radius 2 is 1.74 bits per heavy atom. The fourth-order valence-electron chi connectivity index (χ4n) is 2.90. The number of hydrazine groups is 1. The van der Waals surface area contributed by atoms with Crippen molar-refractivity contribution in [1.29, 1.82) is 0 Å². The van der Waals surface area contributed by atoms with Gasteiger partial charge in [0.05, 0.1) is 5.69 Å². The molecular formula is C20H26N2O5. The van der Waals surface area contributed by atoms with E-state index in [1.807, 2.05) is 0 Å². The number of ether oxygens (including phenoxy) is 1. The van der Waals surface area contributed by atoms with Crippen molar-refractivity contribution < 1.29 is 24.2 Å². The normalized spacial score (nSPS) is 14.9. The number of anilines is 1. The third-order valence-corrected chi connectivity index (χ3v) is 4.10. The summed E-state index contributed by atoms with van der Waals surface area (Å²) in [5, 5.41) is 9.93. The quantitative estimate of drug-likeness (QED) is 0.618. The van der Waals surface area contributed by atoms with Crippen LogP contribution in [0.15, 0.2) is 30.3 Å². The molecule has 2 N–H and O–H groups in total. The van der Waals surface area contributed by atoms with Gasteiger partial charge in [-0.05, 0) is 57.4 Å². The molecule has 0 atom stereocenters. The molecule has 146 valence electrons. The van der Waals surface area contributed by atoms with Crippen molar-refractivity contribution in [3.63, 3.8) is 0 Å². The summed E-state index contributed by atoms with van der Waals surface area (Å²) in [5.41, 5.74) is 3.03. The number of carboxylic acids is 1. The molecule has 0 aromatic heterocycles. The molecule has 0 radical (unpaired) electrons. The summed E-state index contributed by atoms with van der Waals surface area (Å²) in [6.07, 6.45) is 5.37. The Bertz CT molecular complexity index is 713. The molecule has 0 heterocycles. The minimum absolute atomic E-state index is 0.133. The second-order valence-corrected chi connectivity index (χ2v) is 7.53. The van der Waals surface area contributed by atoms with Crippen LogP contribution >= 0.6 is 0 Å². The Hall–Kier alpha value is -2.83. The second-order valence-electron chi connectivity index (χ2n) is 7.53. The minimum Gasteiger partial charge on any atom is -0.478 e. The number of carbonyl (C=O) groups is 3. The van der Waals surface area contributed by atoms with Gasteiger partial charge in [0.1, 0.15) is 5.60 Å². The van der Waals surface area contributed by atoms with Crippen LogP contribution in [-0.4, -0.2) is 28.7 Å². The predicted molar refractivity (Wildman–Crippen MR) is 102 cm³/mol. The van der Waals surface area contributed by atoms with Crippen LogP contribution in [0.2, 0.25) is 0 Å². The van der Waals surface area contributed by atoms with Crippen molar-refractivity contribution in [2.24, 2.45) is 5.92 Å². The lowest BCUT2D eigenvalue weighted by atomic mass is 10.1. The van der Waals surface area contributed by atoms with Crippen LogP contribution in [0.4, 0.5) is 10.5 Å². The van der Waals surface area contributed by atoms with E-state index in [9.17, 15) is 14.4 Å². The van der Waals surface area contributed by atoms with Gasteiger partial charge in [0.2, 0.25) is 5.91 Å². The molecule has 1 aliphatic carbocycles. The first kappa shape index (κ1) is 20.5. The highest BCUT2D eigenvalue weighted by Crippen LogP contribution is 2.28. The summed E-state index contributed by atoms with van der Waals surface area (Å²) in [7, 11) is 0. The van der Waals surface area contributed by atoms with Crippen molar-refractivity contribution in [1.82, 2.24) is 5.43 Å². The van der Waals surface area contributed by atoms with Gasteiger partial charge in [-0.25, -0.2) is 20.0 Å². The van der Waals surface area contributed by atoms with Gasteiger partial charge in [-0.1, -0.05) is 25.0 Å². The third-order valence-electron chi connectivity index (χ3n) is 4.10. The first-order chi connectivity index (χ1) is 12.7. The number of benzene rings is 1. The molecule has 0 spiro atoms. The number of rotatable bonds is 4. The summed E-state index contributed by atoms with van der Waals surface area (Å²) in [6, 6.07) is 6.68. The number of carbonyl (C=O) groups excluding carboxylic acids is 2. The van der Waals surface area contributed by atoms with Gasteiger partial charge < -0.3 is 9.84 Å². The standard InChI is InChI=1S/C20H26N2O5/c1-20(2,3)27-19(26)21-22(18(25)15-6-4-5-7-15)16-11-8-14(9-12-16)10-13-17(23)24/h8-13,15H,4-7H2,1-3H3,(H,21,26)(H,23,24)/b13-10+. The number of nitrogens with zero attached hydrogens (tertiary/aromatic N) is 1. The van der Waals surface area contributed by atoms with E-state index >= 15 is 0 Å². The summed E-state index contributed by atoms with van der Waals surface area (Å²) in [4.78, 5) is 35.7. The van der Waals surface area contributed by atoms with E-state index in [4.69, 9.17) is 9.84 Å². The van der Waals surface area contributed by atoms with Crippen LogP contribution in [0, 0.1) is 5.92 Å². The second kappa shape index (κ2) is 8.70. The number of nitrogens with one attached hydrogen (secondary N) is 1. The van der Waals surface area contributed by atoms with E-state index in [-0.39, 0.29) is 11.8 Å². The predicted octanol–water partition coefficient (Wildman–Crippen LogP) is 3.75. The van der Waals surface area contributed by atoms with E-state index in [2.05, 4.69) is 5.43 Å². The van der Waals surface area contributed by atoms with E-state index in [1.165, 1.54) is 11.1 Å². The maximum absolute atomic E-state index is 12.9. The maximum atomic E-state index is 12.9. The minimum atomic E-state index is -1.04. The fraction of sp³-hybridized carbons (Fsp3) is 0.450. The van der Waals surface area contributed by atoms with Crippen LogP contribution in [-0.2, 0) is 14.3 Å². The third kappa shape index (κ3) is 6.44. The highest BCUT2D eigenvalue weighted by atomic mass is 16.6. The van der Waals surface area contributed by atoms with Gasteiger partial charge in [-0.2, -0.15) is 0 Å². The van der Waals surface area contributed by atoms with Gasteiger partial charge in [-0.15, -0.1) is 0 Å². The SMILES string of the molecule is CC(C)(C)OC(=O)NN(C(=O)C1CCCC1)c1ccc(/C=C/C(=O)O)cc1. The van der Waals surface area contributed by atoms with Crippen molar-refractivity contribution in [2.75, 3.05) is 5.01 Å². The van der Waals surface area contributed by atoms with E-state index in [1.54, 1.807) is 45.0 Å². The zero-order valence-corrected chi connectivity index (χ0v) is 15.9. The maximum Gasteiger partial charge on any atom is 0.427 e. The van der Waals surface area contributed by atoms with Crippen molar-refractivity contribution in [3.8, 4) is 0 Å². The van der Waals surface area contributed by atoms with Crippen LogP contribution in [0.5, 0.6) is 0 Å². The summed E-state index contributed by atoms with van der Waals surface area (Å²) >= 11 is 0. The highest BCUT2D eigenvalue weighted by molar-refractivity contribution is 5.97. The Labute approximate surface area is 159 Å². The van der Waals surface area contributed by atoms with Gasteiger partial charge in [0.25, 0.3) is 0 Å². The monoisotopic (exact) mass is 374 g/mol. The lowest BCUT2D eigenvalue weighted by Gasteiger charge is -2.28. The zero-order chi connectivity index (χ0) is 20.0. The molecule has 1 saturated carbocycles. The smallest absolute Gasteiger partial charge is 0.427 e. The Morgan fingerprint density at radius 3 is 2.26 bits per heavy atom. The molecule has 7 heteroatoms. The molecule has 0 saturated heterocycles. The first-order valence-corrected chi connectivity index (χ1v) is 9.00. The van der Waals surface area contributed by atoms with Crippen molar-refractivity contribution in [3.05, 3.63) is 35.9 Å². The zero-order valence-electron chi connectivity index (χ0n) is 15.9. The van der Waals surface area contributed by atoms with Crippen LogP contribution in [0.25, 0.3) is 6.08 Å². The fourth-order valence-corrected chi connectivity index (χ4v) is 2.90. The summed E-state index contributed by atoms with van der Waals surface area (Å²) in [6.45, 7) is 5.25. The number of carboxylic acid groups (broad SMARTS) is 1. The van der Waals surface area contributed by atoms with Gasteiger partial charge in [0, 0.05) is 12.0 Å². The number of amides is 2. The lowest BCUT2D eigenvalue weighted by molar-refractivity contribution is -0.131. The lowest BCUT2D eigenvalue weighted by Crippen LogP contribution is -2.50. The molecule has 27 heavy (non-hydrogen) atoms. The van der Waals surface area contributed by atoms with E-state index in [0.717, 1.165) is 31.8 Å². The molecule has 0 bridgehead atoms. The molecule has 7 nitrogen and oxygen atoms in total. The number of aliphatic carboxylic acids is 1. The van der Waals surface area contributed by atoms with Crippen LogP contribution in [0.3, 0.4) is 0 Å². The van der Waals surface area contributed by atoms with Gasteiger partial charge in [0.15, 0.2) is 0 Å². The van der Waals surface area contributed by atoms with Crippen LogP contribution < -0.4 is 10.4 Å². The Morgan fingerprint density at radius 1 is 1.15 bits per heavy atom. The molecule has 1 aromatic rings. The molecule has 2 rings (SSSR count). The van der Waals surface area contributed by atoms with Gasteiger partial charge in [-0.3, -0.25) is 4.79 Å². The average molecular weight is 374 g/mol. The van der Waals surface area contributed by atoms with E-state index in [0.29, 0.717) is 11.3 Å². The molecule has 0 unspecified atom stereocenters. The average Bonchev–Trinajstić information content (AvgIpc) is 3.11. The molecule has 1 fully saturated rings. The Kier molecular flexibility index (Phi) is 6.60. The topological polar surface area (TPSA) is 95.9 Å². The highest BCUT2D eigenvalue weighted by Gasteiger charge is 2.30. The molecule has 2 amide bonds. The molecular weight excluding hydrogens is 348 g/mol. The van der Waals surface area contributed by atoms with Crippen molar-refractivity contribution in [2.45, 2.75) is 52.1 Å². The van der Waals surface area contributed by atoms with Gasteiger partial charge >= 0.3 is 12.1 Å². The largest absolute Gasteiger partial charge is 0.478 e. The number of hydrogen-bond donors (Lipinski definition) is 2. The first-order valence-electron chi connectivity index (χ1n) is 9.00. The molecule has 0 aliphatic heterocycles. The summed E-state index contributed by atoms with van der Waals surface area (Å²) in [5.74, 6) is -1.34. The van der Waals surface area contributed by atoms with Crippen LogP contribution in [0.1, 0.15) is 52.0 Å². The number of hydrogen-bond acceptors (Lipinski definition) is 4. The Balaban J connectivity index is 2.21. The summed E-state index contributed by atoms with van der Waals surface area (Å²) < 4.78 is 5.27. The van der Waals surface area contributed by atoms with E-state index < -0.39 is 17.7 Å².